The predicted molar refractivity (Wildman–Crippen MR) is 72.7 cm³/mol. The van der Waals surface area contributed by atoms with Crippen LogP contribution in [0.3, 0.4) is 0 Å². The smallest absolute Gasteiger partial charge is 0.262 e. The maximum absolute atomic E-state index is 13.6. The Morgan fingerprint density at radius 2 is 1.65 bits per heavy atom. The molecule has 2 aromatic carbocycles. The van der Waals surface area contributed by atoms with E-state index in [-0.39, 0.29) is 11.0 Å². The first-order valence-electron chi connectivity index (χ1n) is 6.41. The maximum Gasteiger partial charge on any atom is 0.262 e. The number of benzene rings is 2. The molecule has 9 heteroatoms. The van der Waals surface area contributed by atoms with Crippen molar-refractivity contribution in [3.63, 3.8) is 0 Å². The van der Waals surface area contributed by atoms with Crippen LogP contribution in [0.4, 0.5) is 23.2 Å². The zero-order valence-corrected chi connectivity index (χ0v) is 12.2. The molecule has 23 heavy (non-hydrogen) atoms. The molecule has 0 atom stereocenters. The predicted octanol–water partition coefficient (Wildman–Crippen LogP) is 2.98. The number of nitrogens with one attached hydrogen (secondary N) is 1. The molecule has 0 saturated heterocycles. The van der Waals surface area contributed by atoms with Crippen molar-refractivity contribution in [1.29, 1.82) is 0 Å². The van der Waals surface area contributed by atoms with Crippen LogP contribution in [0.1, 0.15) is 5.56 Å². The molecule has 0 unspecified atom stereocenters. The molecule has 1 heterocycles. The second-order valence-corrected chi connectivity index (χ2v) is 6.50. The Hall–Kier alpha value is -2.29. The Morgan fingerprint density at radius 1 is 1.00 bits per heavy atom. The van der Waals surface area contributed by atoms with Gasteiger partial charge in [0.2, 0.25) is 0 Å². The first-order valence-corrected chi connectivity index (χ1v) is 7.89. The third-order valence-corrected chi connectivity index (χ3v) is 4.67. The van der Waals surface area contributed by atoms with Gasteiger partial charge >= 0.3 is 0 Å². The zero-order chi connectivity index (χ0) is 16.8. The molecule has 1 N–H and O–H groups in total. The summed E-state index contributed by atoms with van der Waals surface area (Å²) >= 11 is 0. The number of ether oxygens (including phenoxy) is 1. The molecule has 0 saturated carbocycles. The van der Waals surface area contributed by atoms with Gasteiger partial charge in [-0.2, -0.15) is 0 Å². The highest BCUT2D eigenvalue weighted by Crippen LogP contribution is 2.30. The molecule has 0 spiro atoms. The maximum atomic E-state index is 13.6. The van der Waals surface area contributed by atoms with Crippen molar-refractivity contribution in [3.8, 4) is 5.75 Å². The van der Waals surface area contributed by atoms with E-state index in [1.165, 1.54) is 12.1 Å². The molecule has 1 aliphatic heterocycles. The van der Waals surface area contributed by atoms with E-state index in [0.717, 1.165) is 6.07 Å². The third kappa shape index (κ3) is 2.72. The van der Waals surface area contributed by atoms with Crippen LogP contribution in [0, 0.1) is 23.3 Å². The second-order valence-electron chi connectivity index (χ2n) is 4.82. The van der Waals surface area contributed by atoms with E-state index in [9.17, 15) is 26.0 Å². The second kappa shape index (κ2) is 5.41. The van der Waals surface area contributed by atoms with Gasteiger partial charge in [0.15, 0.2) is 23.3 Å². The molecular weight excluding hydrogens is 338 g/mol. The van der Waals surface area contributed by atoms with Crippen LogP contribution in [0.25, 0.3) is 0 Å². The molecule has 0 amide bonds. The Balaban J connectivity index is 2.03. The number of sulfonamides is 1. The van der Waals surface area contributed by atoms with Gasteiger partial charge in [0, 0.05) is 12.5 Å². The molecule has 0 aromatic heterocycles. The fourth-order valence-electron chi connectivity index (χ4n) is 2.19. The Bertz CT molecular complexity index is 873. The van der Waals surface area contributed by atoms with Crippen molar-refractivity contribution in [2.24, 2.45) is 0 Å². The molecule has 3 rings (SSSR count). The fraction of sp³-hybridized carbons (Fsp3) is 0.143. The number of hydrogen-bond donors (Lipinski definition) is 1. The summed E-state index contributed by atoms with van der Waals surface area (Å²) in [4.78, 5) is -0.301. The Morgan fingerprint density at radius 3 is 2.30 bits per heavy atom. The van der Waals surface area contributed by atoms with Gasteiger partial charge in [0.05, 0.1) is 11.5 Å². The molecule has 4 nitrogen and oxygen atoms in total. The van der Waals surface area contributed by atoms with E-state index in [4.69, 9.17) is 4.74 Å². The SMILES string of the molecule is O=S(=O)(Nc1c(F)c(F)cc(F)c1F)c1ccc2c(c1)CCO2. The first-order chi connectivity index (χ1) is 10.8. The minimum atomic E-state index is -4.43. The van der Waals surface area contributed by atoms with Crippen LogP contribution in [0.2, 0.25) is 0 Å². The van der Waals surface area contributed by atoms with Gasteiger partial charge in [-0.3, -0.25) is 4.72 Å². The van der Waals surface area contributed by atoms with Gasteiger partial charge < -0.3 is 4.74 Å². The van der Waals surface area contributed by atoms with Crippen LogP contribution >= 0.6 is 0 Å². The lowest BCUT2D eigenvalue weighted by atomic mass is 10.2. The van der Waals surface area contributed by atoms with Crippen LogP contribution in [0.5, 0.6) is 5.75 Å². The molecule has 122 valence electrons. The number of rotatable bonds is 3. The topological polar surface area (TPSA) is 55.4 Å². The van der Waals surface area contributed by atoms with Crippen molar-refractivity contribution >= 4 is 15.7 Å². The lowest BCUT2D eigenvalue weighted by Crippen LogP contribution is -2.16. The van der Waals surface area contributed by atoms with E-state index in [0.29, 0.717) is 24.3 Å². The molecule has 0 fully saturated rings. The van der Waals surface area contributed by atoms with E-state index >= 15 is 0 Å². The monoisotopic (exact) mass is 347 g/mol. The van der Waals surface area contributed by atoms with Crippen molar-refractivity contribution in [2.45, 2.75) is 11.3 Å². The molecule has 0 radical (unpaired) electrons. The summed E-state index contributed by atoms with van der Waals surface area (Å²) in [5, 5.41) is 0. The van der Waals surface area contributed by atoms with Crippen LogP contribution in [-0.2, 0) is 16.4 Å². The summed E-state index contributed by atoms with van der Waals surface area (Å²) in [6.45, 7) is 0.393. The van der Waals surface area contributed by atoms with Crippen molar-refractivity contribution in [1.82, 2.24) is 0 Å². The van der Waals surface area contributed by atoms with Gasteiger partial charge in [-0.15, -0.1) is 0 Å². The van der Waals surface area contributed by atoms with E-state index in [1.54, 1.807) is 4.72 Å². The molecule has 1 aliphatic rings. The Kier molecular flexibility index (Phi) is 3.67. The molecule has 0 aliphatic carbocycles. The quantitative estimate of drug-likeness (QED) is 0.686. The van der Waals surface area contributed by atoms with Crippen LogP contribution < -0.4 is 9.46 Å². The minimum Gasteiger partial charge on any atom is -0.493 e. The molecule has 2 aromatic rings. The summed E-state index contributed by atoms with van der Waals surface area (Å²) in [5.74, 6) is -6.54. The average Bonchev–Trinajstić information content (AvgIpc) is 2.97. The van der Waals surface area contributed by atoms with Crippen molar-refractivity contribution in [2.75, 3.05) is 11.3 Å². The zero-order valence-electron chi connectivity index (χ0n) is 11.4. The average molecular weight is 347 g/mol. The Labute approximate surface area is 128 Å². The van der Waals surface area contributed by atoms with Crippen LogP contribution in [-0.4, -0.2) is 15.0 Å². The van der Waals surface area contributed by atoms with Gasteiger partial charge in [0.1, 0.15) is 11.4 Å². The van der Waals surface area contributed by atoms with Gasteiger partial charge in [-0.05, 0) is 23.8 Å². The van der Waals surface area contributed by atoms with Crippen molar-refractivity contribution < 1.29 is 30.7 Å². The lowest BCUT2D eigenvalue weighted by Gasteiger charge is -2.11. The van der Waals surface area contributed by atoms with Crippen LogP contribution in [0.15, 0.2) is 29.2 Å². The number of hydrogen-bond acceptors (Lipinski definition) is 3. The van der Waals surface area contributed by atoms with E-state index in [1.807, 2.05) is 0 Å². The molecule has 0 bridgehead atoms. The van der Waals surface area contributed by atoms with Gasteiger partial charge in [-0.25, -0.2) is 26.0 Å². The standard InChI is InChI=1S/C14H9F4NO3S/c15-9-6-10(16)13(18)14(12(9)17)19-23(20,21)8-1-2-11-7(5-8)3-4-22-11/h1-2,5-6,19H,3-4H2. The third-order valence-electron chi connectivity index (χ3n) is 3.32. The number of anilines is 1. The number of fused-ring (bicyclic) bond motifs is 1. The highest BCUT2D eigenvalue weighted by atomic mass is 32.2. The van der Waals surface area contributed by atoms with Crippen molar-refractivity contribution in [3.05, 3.63) is 53.1 Å². The first kappa shape index (κ1) is 15.6. The highest BCUT2D eigenvalue weighted by molar-refractivity contribution is 7.92. The van der Waals surface area contributed by atoms with E-state index < -0.39 is 39.0 Å². The normalized spacial score (nSPS) is 13.6. The highest BCUT2D eigenvalue weighted by Gasteiger charge is 2.25. The summed E-state index contributed by atoms with van der Waals surface area (Å²) in [5.41, 5.74) is -0.793. The lowest BCUT2D eigenvalue weighted by molar-refractivity contribution is 0.356. The summed E-state index contributed by atoms with van der Waals surface area (Å²) in [6.07, 6.45) is 0.482. The fourth-order valence-corrected chi connectivity index (χ4v) is 3.30. The minimum absolute atomic E-state index is 0.00476. The summed E-state index contributed by atoms with van der Waals surface area (Å²) in [6, 6.07) is 3.83. The summed E-state index contributed by atoms with van der Waals surface area (Å²) < 4.78 is 84.6. The number of halogens is 4. The van der Waals surface area contributed by atoms with Gasteiger partial charge in [0.25, 0.3) is 10.0 Å². The molecular formula is C14H9F4NO3S. The largest absolute Gasteiger partial charge is 0.493 e. The van der Waals surface area contributed by atoms with Gasteiger partial charge in [-0.1, -0.05) is 0 Å². The van der Waals surface area contributed by atoms with E-state index in [2.05, 4.69) is 0 Å². The summed E-state index contributed by atoms with van der Waals surface area (Å²) in [7, 11) is -4.43.